The number of rotatable bonds is 5. The summed E-state index contributed by atoms with van der Waals surface area (Å²) in [7, 11) is 0. The van der Waals surface area contributed by atoms with Crippen molar-refractivity contribution < 1.29 is 9.53 Å². The topological polar surface area (TPSA) is 43.6 Å². The molecule has 0 aliphatic heterocycles. The molecule has 0 saturated carbocycles. The molecule has 4 nitrogen and oxygen atoms in total. The van der Waals surface area contributed by atoms with Crippen molar-refractivity contribution in [3.05, 3.63) is 58.4 Å². The fraction of sp³-hybridized carbons (Fsp3) is 0.273. The molecule has 0 bridgehead atoms. The number of benzene rings is 2. The summed E-state index contributed by atoms with van der Waals surface area (Å²) in [6.45, 7) is 6.42. The lowest BCUT2D eigenvalue weighted by Gasteiger charge is -2.09. The van der Waals surface area contributed by atoms with E-state index >= 15 is 0 Å². The Labute approximate surface area is 163 Å². The van der Waals surface area contributed by atoms with Crippen LogP contribution in [0.2, 0.25) is 0 Å². The van der Waals surface area contributed by atoms with Gasteiger partial charge in [0, 0.05) is 5.56 Å². The fourth-order valence-corrected chi connectivity index (χ4v) is 3.86. The van der Waals surface area contributed by atoms with Gasteiger partial charge in [-0.25, -0.2) is 0 Å². The summed E-state index contributed by atoms with van der Waals surface area (Å²) in [6.07, 6.45) is 6.57. The molecule has 0 atom stereocenters. The van der Waals surface area contributed by atoms with E-state index in [0.29, 0.717) is 16.9 Å². The minimum absolute atomic E-state index is 0.0884. The van der Waals surface area contributed by atoms with Crippen molar-refractivity contribution in [1.82, 2.24) is 4.57 Å². The van der Waals surface area contributed by atoms with Crippen molar-refractivity contribution in [2.45, 2.75) is 39.8 Å². The summed E-state index contributed by atoms with van der Waals surface area (Å²) >= 11 is 1.48. The van der Waals surface area contributed by atoms with Gasteiger partial charge in [-0.15, -0.1) is 6.42 Å². The Morgan fingerprint density at radius 3 is 2.63 bits per heavy atom. The van der Waals surface area contributed by atoms with E-state index in [-0.39, 0.29) is 12.0 Å². The summed E-state index contributed by atoms with van der Waals surface area (Å²) in [6, 6.07) is 13.3. The number of carbonyl (C=O) groups is 1. The normalized spacial score (nSPS) is 11.7. The third kappa shape index (κ3) is 4.29. The Morgan fingerprint density at radius 2 is 2.00 bits per heavy atom. The van der Waals surface area contributed by atoms with E-state index in [1.165, 1.54) is 16.9 Å². The van der Waals surface area contributed by atoms with Crippen LogP contribution in [0.1, 0.15) is 36.7 Å². The molecular formula is C22H22N2O2S. The van der Waals surface area contributed by atoms with Gasteiger partial charge in [-0.3, -0.25) is 4.79 Å². The molecule has 27 heavy (non-hydrogen) atoms. The smallest absolute Gasteiger partial charge is 0.279 e. The number of terminal acetylenes is 1. The molecule has 0 N–H and O–H groups in total. The average molecular weight is 378 g/mol. The van der Waals surface area contributed by atoms with Crippen LogP contribution in [0.3, 0.4) is 0 Å². The number of thiazole rings is 1. The molecule has 0 aliphatic carbocycles. The number of hydrogen-bond donors (Lipinski definition) is 0. The Bertz CT molecular complexity index is 1070. The maximum absolute atomic E-state index is 12.6. The molecule has 1 aromatic heterocycles. The molecule has 3 rings (SSSR count). The fourth-order valence-electron chi connectivity index (χ4n) is 2.77. The second-order valence-electron chi connectivity index (χ2n) is 6.44. The molecule has 0 saturated heterocycles. The predicted molar refractivity (Wildman–Crippen MR) is 110 cm³/mol. The Morgan fingerprint density at radius 1 is 1.26 bits per heavy atom. The first-order valence-corrected chi connectivity index (χ1v) is 9.75. The van der Waals surface area contributed by atoms with Crippen LogP contribution in [0.15, 0.2) is 47.5 Å². The van der Waals surface area contributed by atoms with Gasteiger partial charge in [-0.2, -0.15) is 4.99 Å². The average Bonchev–Trinajstić information content (AvgIpc) is 2.98. The van der Waals surface area contributed by atoms with Crippen molar-refractivity contribution in [1.29, 1.82) is 0 Å². The number of hydrogen-bond acceptors (Lipinski definition) is 3. The quantitative estimate of drug-likeness (QED) is 0.617. The highest BCUT2D eigenvalue weighted by Gasteiger charge is 2.10. The third-order valence-electron chi connectivity index (χ3n) is 4.08. The van der Waals surface area contributed by atoms with E-state index in [2.05, 4.69) is 30.0 Å². The summed E-state index contributed by atoms with van der Waals surface area (Å²) in [5, 5.41) is 0. The van der Waals surface area contributed by atoms with Crippen LogP contribution >= 0.6 is 11.3 Å². The second kappa shape index (κ2) is 8.24. The number of aryl methyl sites for hydroxylation is 1. The lowest BCUT2D eigenvalue weighted by Crippen LogP contribution is -2.16. The van der Waals surface area contributed by atoms with E-state index in [0.717, 1.165) is 22.4 Å². The van der Waals surface area contributed by atoms with E-state index in [4.69, 9.17) is 11.2 Å². The summed E-state index contributed by atoms with van der Waals surface area (Å²) in [4.78, 5) is 17.6. The van der Waals surface area contributed by atoms with Crippen LogP contribution in [-0.4, -0.2) is 16.6 Å². The molecule has 2 aromatic carbocycles. The standard InChI is InChI=1S/C22H22N2O2S/c1-5-13-24-19-12-7-16(6-2)14-20(19)27-22(24)23-21(25)17-8-10-18(11-9-17)26-15(3)4/h1,7-12,14-15H,6,13H2,2-4H3. The van der Waals surface area contributed by atoms with Crippen LogP contribution < -0.4 is 9.54 Å². The maximum atomic E-state index is 12.6. The zero-order valence-electron chi connectivity index (χ0n) is 15.7. The van der Waals surface area contributed by atoms with Crippen LogP contribution in [0.5, 0.6) is 5.75 Å². The molecule has 5 heteroatoms. The van der Waals surface area contributed by atoms with Gasteiger partial charge in [0.05, 0.1) is 22.9 Å². The van der Waals surface area contributed by atoms with Crippen LogP contribution in [0.4, 0.5) is 0 Å². The van der Waals surface area contributed by atoms with Crippen LogP contribution in [0, 0.1) is 12.3 Å². The van der Waals surface area contributed by atoms with Gasteiger partial charge in [0.15, 0.2) is 4.80 Å². The minimum Gasteiger partial charge on any atom is -0.491 e. The molecule has 1 heterocycles. The van der Waals surface area contributed by atoms with Gasteiger partial charge in [0.2, 0.25) is 0 Å². The van der Waals surface area contributed by atoms with Crippen molar-refractivity contribution in [2.24, 2.45) is 4.99 Å². The third-order valence-corrected chi connectivity index (χ3v) is 5.12. The molecule has 1 amide bonds. The zero-order chi connectivity index (χ0) is 19.4. The largest absolute Gasteiger partial charge is 0.491 e. The first kappa shape index (κ1) is 18.9. The van der Waals surface area contributed by atoms with E-state index in [9.17, 15) is 4.79 Å². The van der Waals surface area contributed by atoms with Gasteiger partial charge in [-0.1, -0.05) is 30.2 Å². The number of ether oxygens (including phenoxy) is 1. The second-order valence-corrected chi connectivity index (χ2v) is 7.45. The Hall–Kier alpha value is -2.84. The number of fused-ring (bicyclic) bond motifs is 1. The monoisotopic (exact) mass is 378 g/mol. The highest BCUT2D eigenvalue weighted by Crippen LogP contribution is 2.20. The number of amides is 1. The van der Waals surface area contributed by atoms with Gasteiger partial charge in [0.25, 0.3) is 5.91 Å². The summed E-state index contributed by atoms with van der Waals surface area (Å²) in [5.74, 6) is 3.09. The molecule has 138 valence electrons. The molecule has 0 unspecified atom stereocenters. The highest BCUT2D eigenvalue weighted by atomic mass is 32.1. The van der Waals surface area contributed by atoms with Crippen molar-refractivity contribution in [3.8, 4) is 18.1 Å². The Kier molecular flexibility index (Phi) is 5.78. The van der Waals surface area contributed by atoms with Crippen LogP contribution in [0.25, 0.3) is 10.2 Å². The van der Waals surface area contributed by atoms with Crippen LogP contribution in [-0.2, 0) is 13.0 Å². The molecule has 0 spiro atoms. The van der Waals surface area contributed by atoms with Crippen molar-refractivity contribution in [2.75, 3.05) is 0 Å². The summed E-state index contributed by atoms with van der Waals surface area (Å²) < 4.78 is 8.60. The highest BCUT2D eigenvalue weighted by molar-refractivity contribution is 7.16. The lowest BCUT2D eigenvalue weighted by molar-refractivity contribution is 0.0998. The lowest BCUT2D eigenvalue weighted by atomic mass is 10.2. The van der Waals surface area contributed by atoms with E-state index < -0.39 is 0 Å². The molecule has 0 fully saturated rings. The van der Waals surface area contributed by atoms with Crippen molar-refractivity contribution >= 4 is 27.5 Å². The predicted octanol–water partition coefficient (Wildman–Crippen LogP) is 4.43. The molecule has 3 aromatic rings. The molecule has 0 radical (unpaired) electrons. The maximum Gasteiger partial charge on any atom is 0.279 e. The number of nitrogens with zero attached hydrogens (tertiary/aromatic N) is 2. The molecule has 0 aliphatic rings. The van der Waals surface area contributed by atoms with Crippen molar-refractivity contribution in [3.63, 3.8) is 0 Å². The van der Waals surface area contributed by atoms with Gasteiger partial charge >= 0.3 is 0 Å². The summed E-state index contributed by atoms with van der Waals surface area (Å²) in [5.41, 5.74) is 2.77. The van der Waals surface area contributed by atoms with Gasteiger partial charge in [-0.05, 0) is 62.2 Å². The SMILES string of the molecule is C#CCn1c(=NC(=O)c2ccc(OC(C)C)cc2)sc2cc(CC)ccc21. The van der Waals surface area contributed by atoms with E-state index in [1.54, 1.807) is 24.3 Å². The first-order valence-electron chi connectivity index (χ1n) is 8.93. The number of carbonyl (C=O) groups excluding carboxylic acids is 1. The van der Waals surface area contributed by atoms with Gasteiger partial charge < -0.3 is 9.30 Å². The minimum atomic E-state index is -0.292. The number of aromatic nitrogens is 1. The van der Waals surface area contributed by atoms with E-state index in [1.807, 2.05) is 24.5 Å². The van der Waals surface area contributed by atoms with Gasteiger partial charge in [0.1, 0.15) is 5.75 Å². The first-order chi connectivity index (χ1) is 13.0. The zero-order valence-corrected chi connectivity index (χ0v) is 16.5. The molecular weight excluding hydrogens is 356 g/mol. The Balaban J connectivity index is 2.00.